The number of imide groups is 1. The van der Waals surface area contributed by atoms with Gasteiger partial charge in [-0.1, -0.05) is 23.3 Å². The van der Waals surface area contributed by atoms with Crippen molar-refractivity contribution in [3.8, 4) is 6.07 Å². The number of hydrogen-bond acceptors (Lipinski definition) is 3. The van der Waals surface area contributed by atoms with Gasteiger partial charge in [0.05, 0.1) is 28.1 Å². The molecule has 5 heteroatoms. The Bertz CT molecular complexity index is 717. The van der Waals surface area contributed by atoms with Crippen LogP contribution in [-0.2, 0) is 9.59 Å². The van der Waals surface area contributed by atoms with Crippen LogP contribution in [0.4, 0.5) is 5.69 Å². The molecule has 0 N–H and O–H groups in total. The number of rotatable bonds is 1. The molecule has 0 radical (unpaired) electrons. The van der Waals surface area contributed by atoms with Crippen LogP contribution >= 0.6 is 11.6 Å². The second-order valence-electron chi connectivity index (χ2n) is 5.49. The van der Waals surface area contributed by atoms with E-state index in [9.17, 15) is 9.59 Å². The highest BCUT2D eigenvalue weighted by Crippen LogP contribution is 2.40. The molecule has 2 amide bonds. The van der Waals surface area contributed by atoms with Crippen molar-refractivity contribution in [2.45, 2.75) is 19.8 Å². The van der Waals surface area contributed by atoms with Crippen LogP contribution in [0.3, 0.4) is 0 Å². The highest BCUT2D eigenvalue weighted by molar-refractivity contribution is 6.32. The van der Waals surface area contributed by atoms with E-state index in [-0.39, 0.29) is 28.7 Å². The van der Waals surface area contributed by atoms with Gasteiger partial charge in [0, 0.05) is 0 Å². The maximum atomic E-state index is 12.5. The fraction of sp³-hybridized carbons (Fsp3) is 0.312. The molecule has 1 aromatic rings. The lowest BCUT2D eigenvalue weighted by Gasteiger charge is -2.18. The van der Waals surface area contributed by atoms with E-state index in [1.54, 1.807) is 6.07 Å². The summed E-state index contributed by atoms with van der Waals surface area (Å²) in [7, 11) is 0. The zero-order valence-corrected chi connectivity index (χ0v) is 12.2. The van der Waals surface area contributed by atoms with E-state index in [2.05, 4.69) is 0 Å². The van der Waals surface area contributed by atoms with Crippen LogP contribution in [0.25, 0.3) is 0 Å². The first-order valence-corrected chi connectivity index (χ1v) is 7.14. The molecule has 4 nitrogen and oxygen atoms in total. The van der Waals surface area contributed by atoms with Gasteiger partial charge < -0.3 is 0 Å². The molecule has 1 heterocycles. The predicted molar refractivity (Wildman–Crippen MR) is 78.6 cm³/mol. The molecule has 1 aromatic carbocycles. The molecule has 2 atom stereocenters. The third-order valence-corrected chi connectivity index (χ3v) is 4.47. The summed E-state index contributed by atoms with van der Waals surface area (Å²) < 4.78 is 0. The third-order valence-electron chi connectivity index (χ3n) is 4.15. The van der Waals surface area contributed by atoms with Crippen molar-refractivity contribution in [2.24, 2.45) is 11.8 Å². The lowest BCUT2D eigenvalue weighted by molar-refractivity contribution is -0.122. The monoisotopic (exact) mass is 300 g/mol. The minimum absolute atomic E-state index is 0.168. The molecule has 21 heavy (non-hydrogen) atoms. The average molecular weight is 301 g/mol. The van der Waals surface area contributed by atoms with Gasteiger partial charge in [-0.15, -0.1) is 0 Å². The van der Waals surface area contributed by atoms with E-state index in [0.29, 0.717) is 24.1 Å². The highest BCUT2D eigenvalue weighted by Gasteiger charge is 2.48. The lowest BCUT2D eigenvalue weighted by Crippen LogP contribution is -2.30. The zero-order valence-electron chi connectivity index (χ0n) is 11.5. The summed E-state index contributed by atoms with van der Waals surface area (Å²) in [4.78, 5) is 26.2. The van der Waals surface area contributed by atoms with Crippen LogP contribution in [0.2, 0.25) is 5.02 Å². The van der Waals surface area contributed by atoms with E-state index < -0.39 is 0 Å². The highest BCUT2D eigenvalue weighted by atomic mass is 35.5. The summed E-state index contributed by atoms with van der Waals surface area (Å²) >= 11 is 6.00. The van der Waals surface area contributed by atoms with Crippen molar-refractivity contribution in [3.05, 3.63) is 40.4 Å². The number of nitriles is 1. The molecule has 2 aliphatic rings. The summed E-state index contributed by atoms with van der Waals surface area (Å²) in [6.07, 6.45) is 3.28. The smallest absolute Gasteiger partial charge is 0.238 e. The SMILES string of the molecule is CC1=CCC2C(=O)N(c3ccc(C#N)c(Cl)c3)C(=O)C2C1. The third kappa shape index (κ3) is 2.14. The standard InChI is InChI=1S/C16H13ClN2O2/c1-9-2-5-12-13(6-9)16(21)19(15(12)20)11-4-3-10(8-18)14(17)7-11/h2-4,7,12-13H,5-6H2,1H3. The van der Waals surface area contributed by atoms with Gasteiger partial charge in [-0.2, -0.15) is 5.26 Å². The second-order valence-corrected chi connectivity index (χ2v) is 5.90. The summed E-state index contributed by atoms with van der Waals surface area (Å²) in [6, 6.07) is 6.60. The number of anilines is 1. The van der Waals surface area contributed by atoms with Gasteiger partial charge in [-0.25, -0.2) is 4.90 Å². The van der Waals surface area contributed by atoms with Gasteiger partial charge in [0.1, 0.15) is 6.07 Å². The normalized spacial score (nSPS) is 24.6. The van der Waals surface area contributed by atoms with Crippen LogP contribution in [-0.4, -0.2) is 11.8 Å². The van der Waals surface area contributed by atoms with Gasteiger partial charge in [0.2, 0.25) is 11.8 Å². The molecule has 0 saturated carbocycles. The number of hydrogen-bond donors (Lipinski definition) is 0. The number of allylic oxidation sites excluding steroid dienone is 2. The van der Waals surface area contributed by atoms with E-state index in [4.69, 9.17) is 16.9 Å². The molecule has 1 aliphatic heterocycles. The Kier molecular flexibility index (Phi) is 3.30. The Morgan fingerprint density at radius 2 is 2.00 bits per heavy atom. The van der Waals surface area contributed by atoms with Crippen molar-refractivity contribution in [3.63, 3.8) is 0 Å². The number of fused-ring (bicyclic) bond motifs is 1. The van der Waals surface area contributed by atoms with Crippen LogP contribution in [0, 0.1) is 23.2 Å². The largest absolute Gasteiger partial charge is 0.274 e. The van der Waals surface area contributed by atoms with Gasteiger partial charge in [0.25, 0.3) is 0 Å². The fourth-order valence-corrected chi connectivity index (χ4v) is 3.24. The number of amides is 2. The molecule has 106 valence electrons. The first-order valence-electron chi connectivity index (χ1n) is 6.76. The molecular weight excluding hydrogens is 288 g/mol. The lowest BCUT2D eigenvalue weighted by atomic mass is 9.82. The van der Waals surface area contributed by atoms with Crippen LogP contribution < -0.4 is 4.90 Å². The van der Waals surface area contributed by atoms with E-state index in [1.165, 1.54) is 17.0 Å². The van der Waals surface area contributed by atoms with E-state index in [0.717, 1.165) is 5.57 Å². The summed E-state index contributed by atoms with van der Waals surface area (Å²) in [5.74, 6) is -0.875. The molecule has 1 aliphatic carbocycles. The number of carbonyl (C=O) groups is 2. The molecule has 2 unspecified atom stereocenters. The van der Waals surface area contributed by atoms with E-state index >= 15 is 0 Å². The van der Waals surface area contributed by atoms with Gasteiger partial charge in [0.15, 0.2) is 0 Å². The fourth-order valence-electron chi connectivity index (χ4n) is 3.03. The van der Waals surface area contributed by atoms with Gasteiger partial charge >= 0.3 is 0 Å². The van der Waals surface area contributed by atoms with Crippen LogP contribution in [0.1, 0.15) is 25.3 Å². The molecule has 0 aromatic heterocycles. The Balaban J connectivity index is 1.97. The Labute approximate surface area is 127 Å². The predicted octanol–water partition coefficient (Wildman–Crippen LogP) is 3.06. The average Bonchev–Trinajstić information content (AvgIpc) is 2.70. The molecule has 0 spiro atoms. The molecule has 1 saturated heterocycles. The van der Waals surface area contributed by atoms with Gasteiger partial charge in [-0.3, -0.25) is 9.59 Å². The maximum absolute atomic E-state index is 12.5. The maximum Gasteiger partial charge on any atom is 0.238 e. The minimum atomic E-state index is -0.268. The number of benzene rings is 1. The molecule has 0 bridgehead atoms. The first kappa shape index (κ1) is 13.8. The number of nitrogens with zero attached hydrogens (tertiary/aromatic N) is 2. The Morgan fingerprint density at radius 1 is 1.29 bits per heavy atom. The Hall–Kier alpha value is -2.12. The second kappa shape index (κ2) is 5.01. The minimum Gasteiger partial charge on any atom is -0.274 e. The van der Waals surface area contributed by atoms with Crippen molar-refractivity contribution < 1.29 is 9.59 Å². The Morgan fingerprint density at radius 3 is 2.67 bits per heavy atom. The summed E-state index contributed by atoms with van der Waals surface area (Å²) in [6.45, 7) is 1.98. The number of halogens is 1. The van der Waals surface area contributed by atoms with Crippen LogP contribution in [0.15, 0.2) is 29.8 Å². The molecular formula is C16H13ClN2O2. The van der Waals surface area contributed by atoms with Crippen molar-refractivity contribution >= 4 is 29.1 Å². The summed E-state index contributed by atoms with van der Waals surface area (Å²) in [5, 5.41) is 9.14. The topological polar surface area (TPSA) is 61.2 Å². The molecule has 3 rings (SSSR count). The summed E-state index contributed by atoms with van der Waals surface area (Å²) in [5.41, 5.74) is 1.92. The molecule has 1 fully saturated rings. The van der Waals surface area contributed by atoms with Crippen molar-refractivity contribution in [1.82, 2.24) is 0 Å². The van der Waals surface area contributed by atoms with Gasteiger partial charge in [-0.05, 0) is 38.0 Å². The van der Waals surface area contributed by atoms with Crippen molar-refractivity contribution in [2.75, 3.05) is 4.90 Å². The zero-order chi connectivity index (χ0) is 15.1. The quantitative estimate of drug-likeness (QED) is 0.591. The van der Waals surface area contributed by atoms with Crippen LogP contribution in [0.5, 0.6) is 0 Å². The first-order chi connectivity index (χ1) is 10.0. The van der Waals surface area contributed by atoms with E-state index in [1.807, 2.05) is 19.1 Å². The van der Waals surface area contributed by atoms with Crippen molar-refractivity contribution in [1.29, 1.82) is 5.26 Å². The number of carbonyl (C=O) groups excluding carboxylic acids is 2.